The minimum absolute atomic E-state index is 0.553. The first-order valence-electron chi connectivity index (χ1n) is 8.52. The van der Waals surface area contributed by atoms with Crippen LogP contribution in [0.3, 0.4) is 0 Å². The van der Waals surface area contributed by atoms with Gasteiger partial charge in [-0.25, -0.2) is 4.98 Å². The third kappa shape index (κ3) is 4.10. The zero-order valence-corrected chi connectivity index (χ0v) is 15.9. The molecular formula is C21H17ClN4S. The van der Waals surface area contributed by atoms with E-state index in [1.54, 1.807) is 0 Å². The summed E-state index contributed by atoms with van der Waals surface area (Å²) in [6.07, 6.45) is 0. The molecule has 0 saturated heterocycles. The van der Waals surface area contributed by atoms with Gasteiger partial charge in [-0.2, -0.15) is 0 Å². The van der Waals surface area contributed by atoms with Crippen LogP contribution in [0.1, 0.15) is 5.56 Å². The Hall–Kier alpha value is -2.89. The summed E-state index contributed by atoms with van der Waals surface area (Å²) in [7, 11) is 0. The quantitative estimate of drug-likeness (QED) is 0.409. The topological polar surface area (TPSA) is 52.7 Å². The van der Waals surface area contributed by atoms with Gasteiger partial charge in [0, 0.05) is 17.8 Å². The number of nitrogens with zero attached hydrogens (tertiary/aromatic N) is 1. The van der Waals surface area contributed by atoms with Crippen molar-refractivity contribution in [1.82, 2.24) is 15.3 Å². The molecule has 6 heteroatoms. The van der Waals surface area contributed by atoms with E-state index in [4.69, 9.17) is 23.8 Å². The molecule has 0 radical (unpaired) electrons. The van der Waals surface area contributed by atoms with Gasteiger partial charge in [0.15, 0.2) is 5.11 Å². The fourth-order valence-electron chi connectivity index (χ4n) is 2.82. The second-order valence-corrected chi connectivity index (χ2v) is 6.91. The number of benzene rings is 3. The molecule has 0 saturated carbocycles. The van der Waals surface area contributed by atoms with Crippen LogP contribution in [0, 0.1) is 0 Å². The van der Waals surface area contributed by atoms with Crippen LogP contribution in [-0.4, -0.2) is 15.1 Å². The van der Waals surface area contributed by atoms with Crippen LogP contribution in [0.15, 0.2) is 72.8 Å². The molecule has 0 bridgehead atoms. The highest BCUT2D eigenvalue weighted by Gasteiger charge is 2.10. The molecule has 0 unspecified atom stereocenters. The van der Waals surface area contributed by atoms with Gasteiger partial charge in [-0.1, -0.05) is 54.1 Å². The van der Waals surface area contributed by atoms with Crippen molar-refractivity contribution in [3.63, 3.8) is 0 Å². The molecule has 0 spiro atoms. The molecule has 0 amide bonds. The maximum atomic E-state index is 6.40. The predicted molar refractivity (Wildman–Crippen MR) is 116 cm³/mol. The summed E-state index contributed by atoms with van der Waals surface area (Å²) in [5.41, 5.74) is 4.72. The maximum absolute atomic E-state index is 6.40. The summed E-state index contributed by atoms with van der Waals surface area (Å²) in [5, 5.41) is 7.59. The van der Waals surface area contributed by atoms with Gasteiger partial charge in [-0.05, 0) is 48.1 Å². The average Bonchev–Trinajstić information content (AvgIpc) is 3.13. The molecule has 0 aliphatic heterocycles. The van der Waals surface area contributed by atoms with Gasteiger partial charge < -0.3 is 15.6 Å². The number of aromatic nitrogens is 2. The monoisotopic (exact) mass is 392 g/mol. The van der Waals surface area contributed by atoms with E-state index in [2.05, 4.69) is 32.7 Å². The number of nitrogens with one attached hydrogen (secondary N) is 3. The van der Waals surface area contributed by atoms with Crippen molar-refractivity contribution in [3.05, 3.63) is 83.4 Å². The van der Waals surface area contributed by atoms with Gasteiger partial charge in [0.05, 0.1) is 16.1 Å². The first-order valence-corrected chi connectivity index (χ1v) is 9.31. The lowest BCUT2D eigenvalue weighted by atomic mass is 10.2. The van der Waals surface area contributed by atoms with Crippen LogP contribution in [0.5, 0.6) is 0 Å². The van der Waals surface area contributed by atoms with Crippen molar-refractivity contribution >= 4 is 45.7 Å². The third-order valence-corrected chi connectivity index (χ3v) is 4.74. The third-order valence-electron chi connectivity index (χ3n) is 4.16. The SMILES string of the molecule is S=C(NCc1ccccc1)Nc1ccc(Cl)c(-c2nc3ccccc3[nH]2)c1. The molecule has 0 atom stereocenters. The number of aromatic amines is 1. The lowest BCUT2D eigenvalue weighted by Crippen LogP contribution is -2.27. The standard InChI is InChI=1S/C21H17ClN4S/c22-17-11-10-15(24-21(27)23-13-14-6-2-1-3-7-14)12-16(17)20-25-18-8-4-5-9-19(18)26-20/h1-12H,13H2,(H,25,26)(H2,23,24,27). The Morgan fingerprint density at radius 2 is 1.78 bits per heavy atom. The van der Waals surface area contributed by atoms with E-state index >= 15 is 0 Å². The van der Waals surface area contributed by atoms with E-state index in [1.807, 2.05) is 60.7 Å². The highest BCUT2D eigenvalue weighted by atomic mass is 35.5. The van der Waals surface area contributed by atoms with Crippen LogP contribution in [0.4, 0.5) is 5.69 Å². The Bertz CT molecular complexity index is 1060. The highest BCUT2D eigenvalue weighted by Crippen LogP contribution is 2.30. The molecule has 0 aliphatic carbocycles. The van der Waals surface area contributed by atoms with Gasteiger partial charge in [0.25, 0.3) is 0 Å². The van der Waals surface area contributed by atoms with Gasteiger partial charge in [-0.15, -0.1) is 0 Å². The summed E-state index contributed by atoms with van der Waals surface area (Å²) in [6.45, 7) is 0.663. The number of H-pyrrole nitrogens is 1. The molecule has 1 heterocycles. The molecule has 3 N–H and O–H groups in total. The van der Waals surface area contributed by atoms with E-state index < -0.39 is 0 Å². The maximum Gasteiger partial charge on any atom is 0.171 e. The Morgan fingerprint density at radius 3 is 2.59 bits per heavy atom. The van der Waals surface area contributed by atoms with Gasteiger partial charge in [-0.3, -0.25) is 0 Å². The van der Waals surface area contributed by atoms with Crippen molar-refractivity contribution < 1.29 is 0 Å². The molecule has 1 aromatic heterocycles. The summed E-state index contributed by atoms with van der Waals surface area (Å²) in [6, 6.07) is 23.7. The zero-order valence-electron chi connectivity index (χ0n) is 14.4. The Balaban J connectivity index is 1.51. The van der Waals surface area contributed by atoms with E-state index in [0.29, 0.717) is 16.7 Å². The van der Waals surface area contributed by atoms with Gasteiger partial charge in [0.1, 0.15) is 5.82 Å². The molecule has 4 rings (SSSR count). The molecule has 0 aliphatic rings. The molecule has 4 aromatic rings. The Kier molecular flexibility index (Phi) is 5.05. The van der Waals surface area contributed by atoms with E-state index in [-0.39, 0.29) is 0 Å². The fourth-order valence-corrected chi connectivity index (χ4v) is 3.22. The normalized spacial score (nSPS) is 10.7. The number of anilines is 1. The van der Waals surface area contributed by atoms with Crippen LogP contribution in [0.25, 0.3) is 22.4 Å². The number of thiocarbonyl (C=S) groups is 1. The minimum atomic E-state index is 0.553. The van der Waals surface area contributed by atoms with Crippen molar-refractivity contribution in [3.8, 4) is 11.4 Å². The fraction of sp³-hybridized carbons (Fsp3) is 0.0476. The number of hydrogen-bond donors (Lipinski definition) is 3. The van der Waals surface area contributed by atoms with Crippen molar-refractivity contribution in [1.29, 1.82) is 0 Å². The van der Waals surface area contributed by atoms with Gasteiger partial charge >= 0.3 is 0 Å². The zero-order chi connectivity index (χ0) is 18.6. The van der Waals surface area contributed by atoms with Crippen LogP contribution >= 0.6 is 23.8 Å². The van der Waals surface area contributed by atoms with Gasteiger partial charge in [0.2, 0.25) is 0 Å². The minimum Gasteiger partial charge on any atom is -0.358 e. The lowest BCUT2D eigenvalue weighted by molar-refractivity contribution is 0.926. The summed E-state index contributed by atoms with van der Waals surface area (Å²) in [5.74, 6) is 0.730. The van der Waals surface area contributed by atoms with E-state index in [1.165, 1.54) is 5.56 Å². The van der Waals surface area contributed by atoms with Crippen LogP contribution in [0.2, 0.25) is 5.02 Å². The largest absolute Gasteiger partial charge is 0.358 e. The summed E-state index contributed by atoms with van der Waals surface area (Å²) in [4.78, 5) is 7.93. The number of halogens is 1. The number of para-hydroxylation sites is 2. The van der Waals surface area contributed by atoms with Crippen LogP contribution < -0.4 is 10.6 Å². The van der Waals surface area contributed by atoms with Crippen molar-refractivity contribution in [2.75, 3.05) is 5.32 Å². The second-order valence-electron chi connectivity index (χ2n) is 6.09. The Labute approximate surface area is 167 Å². The average molecular weight is 393 g/mol. The summed E-state index contributed by atoms with van der Waals surface area (Å²) < 4.78 is 0. The van der Waals surface area contributed by atoms with Crippen LogP contribution in [-0.2, 0) is 6.54 Å². The predicted octanol–water partition coefficient (Wildman–Crippen LogP) is 5.37. The molecule has 134 valence electrons. The molecule has 0 fully saturated rings. The molecular weight excluding hydrogens is 376 g/mol. The number of hydrogen-bond acceptors (Lipinski definition) is 2. The van der Waals surface area contributed by atoms with E-state index in [9.17, 15) is 0 Å². The smallest absolute Gasteiger partial charge is 0.171 e. The number of fused-ring (bicyclic) bond motifs is 1. The van der Waals surface area contributed by atoms with E-state index in [0.717, 1.165) is 28.1 Å². The summed E-state index contributed by atoms with van der Waals surface area (Å²) >= 11 is 11.8. The first kappa shape index (κ1) is 17.5. The second kappa shape index (κ2) is 7.78. The lowest BCUT2D eigenvalue weighted by Gasteiger charge is -2.12. The highest BCUT2D eigenvalue weighted by molar-refractivity contribution is 7.80. The molecule has 3 aromatic carbocycles. The molecule has 4 nitrogen and oxygen atoms in total. The number of imidazole rings is 1. The van der Waals surface area contributed by atoms with Crippen molar-refractivity contribution in [2.24, 2.45) is 0 Å². The number of rotatable bonds is 4. The molecule has 27 heavy (non-hydrogen) atoms. The van der Waals surface area contributed by atoms with Crippen molar-refractivity contribution in [2.45, 2.75) is 6.54 Å². The first-order chi connectivity index (χ1) is 13.2. The Morgan fingerprint density at radius 1 is 1.00 bits per heavy atom.